The smallest absolute Gasteiger partial charge is 0.193 e. The topological polar surface area (TPSA) is 34.9 Å². The van der Waals surface area contributed by atoms with Gasteiger partial charge in [-0.3, -0.25) is 4.79 Å². The summed E-state index contributed by atoms with van der Waals surface area (Å²) in [5, 5.41) is 0. The van der Waals surface area contributed by atoms with Gasteiger partial charge in [-0.15, -0.1) is 0 Å². The van der Waals surface area contributed by atoms with E-state index in [2.05, 4.69) is 57.8 Å². The lowest BCUT2D eigenvalue weighted by Gasteiger charge is -2.37. The maximum absolute atomic E-state index is 10.6. The zero-order valence-electron chi connectivity index (χ0n) is 15.2. The van der Waals surface area contributed by atoms with Crippen molar-refractivity contribution in [1.82, 2.24) is 9.55 Å². The summed E-state index contributed by atoms with van der Waals surface area (Å²) < 4.78 is 2.07. The number of carbonyl (C=O) groups is 1. The lowest BCUT2D eigenvalue weighted by molar-refractivity contribution is -0.103. The Morgan fingerprint density at radius 2 is 1.21 bits per heavy atom. The number of carbonyl (C=O) groups excluding carboxylic acids is 1. The van der Waals surface area contributed by atoms with Crippen LogP contribution in [-0.2, 0) is 10.3 Å². The Morgan fingerprint density at radius 1 is 0.750 bits per heavy atom. The Bertz CT molecular complexity index is 1020. The van der Waals surface area contributed by atoms with Crippen molar-refractivity contribution in [2.75, 3.05) is 0 Å². The van der Waals surface area contributed by atoms with Crippen LogP contribution < -0.4 is 0 Å². The summed E-state index contributed by atoms with van der Waals surface area (Å²) in [7, 11) is 0. The second-order valence-corrected chi connectivity index (χ2v) is 6.36. The molecule has 0 unspecified atom stereocenters. The summed E-state index contributed by atoms with van der Waals surface area (Å²) in [5.74, 6) is 5.23. The van der Waals surface area contributed by atoms with E-state index in [1.807, 2.05) is 60.8 Å². The SMILES string of the molecule is O=CC#Cc1cn(C(c2ccccc2)(c2ccccc2)c2ccccc2)cn1. The normalized spacial score (nSPS) is 10.7. The van der Waals surface area contributed by atoms with Crippen molar-refractivity contribution in [2.24, 2.45) is 0 Å². The van der Waals surface area contributed by atoms with Crippen LogP contribution in [-0.4, -0.2) is 15.8 Å². The molecule has 0 spiro atoms. The van der Waals surface area contributed by atoms with Gasteiger partial charge in [0.15, 0.2) is 6.29 Å². The Kier molecular flexibility index (Phi) is 4.86. The van der Waals surface area contributed by atoms with Crippen molar-refractivity contribution in [1.29, 1.82) is 0 Å². The molecule has 28 heavy (non-hydrogen) atoms. The number of hydrogen-bond acceptors (Lipinski definition) is 2. The second-order valence-electron chi connectivity index (χ2n) is 6.36. The Balaban J connectivity index is 2.07. The molecular weight excluding hydrogens is 344 g/mol. The van der Waals surface area contributed by atoms with E-state index in [0.29, 0.717) is 12.0 Å². The van der Waals surface area contributed by atoms with Gasteiger partial charge in [-0.05, 0) is 28.5 Å². The first kappa shape index (κ1) is 17.5. The molecule has 4 aromatic rings. The van der Waals surface area contributed by atoms with Gasteiger partial charge in [0.2, 0.25) is 0 Å². The molecule has 3 heteroatoms. The van der Waals surface area contributed by atoms with E-state index in [-0.39, 0.29) is 0 Å². The standard InChI is InChI=1S/C25H18N2O/c28-18-10-17-24-19-27(20-26-24)25(21-11-4-1-5-12-21,22-13-6-2-7-14-22)23-15-8-3-9-16-23/h1-9,11-16,18-20H. The Morgan fingerprint density at radius 3 is 1.64 bits per heavy atom. The minimum atomic E-state index is -0.613. The number of aldehydes is 1. The zero-order valence-corrected chi connectivity index (χ0v) is 15.2. The molecule has 0 bridgehead atoms. The quantitative estimate of drug-likeness (QED) is 0.309. The Hall–Kier alpha value is -3.90. The van der Waals surface area contributed by atoms with Crippen molar-refractivity contribution in [3.63, 3.8) is 0 Å². The predicted octanol–water partition coefficient (Wildman–Crippen LogP) is 4.27. The average molecular weight is 362 g/mol. The fraction of sp³-hybridized carbons (Fsp3) is 0.0400. The predicted molar refractivity (Wildman–Crippen MR) is 110 cm³/mol. The summed E-state index contributed by atoms with van der Waals surface area (Å²) in [6.45, 7) is 0. The van der Waals surface area contributed by atoms with E-state index >= 15 is 0 Å². The third-order valence-corrected chi connectivity index (χ3v) is 4.80. The molecule has 0 fully saturated rings. The van der Waals surface area contributed by atoms with Crippen molar-refractivity contribution in [2.45, 2.75) is 5.54 Å². The summed E-state index contributed by atoms with van der Waals surface area (Å²) >= 11 is 0. The second kappa shape index (κ2) is 7.77. The van der Waals surface area contributed by atoms with Gasteiger partial charge in [0.05, 0.1) is 6.33 Å². The molecule has 0 amide bonds. The number of benzene rings is 3. The number of rotatable bonds is 4. The molecule has 1 aromatic heterocycles. The van der Waals surface area contributed by atoms with Crippen LogP contribution in [0.25, 0.3) is 0 Å². The van der Waals surface area contributed by atoms with Gasteiger partial charge in [-0.1, -0.05) is 91.0 Å². The van der Waals surface area contributed by atoms with Crippen LogP contribution in [0.2, 0.25) is 0 Å². The van der Waals surface area contributed by atoms with Crippen LogP contribution in [0, 0.1) is 11.8 Å². The molecule has 0 atom stereocenters. The molecule has 3 nitrogen and oxygen atoms in total. The minimum absolute atomic E-state index is 0.555. The molecule has 0 aliphatic heterocycles. The molecule has 0 N–H and O–H groups in total. The van der Waals surface area contributed by atoms with Crippen LogP contribution in [0.15, 0.2) is 104 Å². The third-order valence-electron chi connectivity index (χ3n) is 4.80. The number of hydrogen-bond donors (Lipinski definition) is 0. The number of aromatic nitrogens is 2. The molecule has 0 aliphatic rings. The van der Waals surface area contributed by atoms with Gasteiger partial charge in [-0.2, -0.15) is 0 Å². The first-order valence-electron chi connectivity index (χ1n) is 9.02. The molecule has 0 saturated carbocycles. The van der Waals surface area contributed by atoms with Crippen molar-refractivity contribution < 1.29 is 4.79 Å². The van der Waals surface area contributed by atoms with Crippen LogP contribution in [0.4, 0.5) is 0 Å². The molecule has 3 aromatic carbocycles. The monoisotopic (exact) mass is 362 g/mol. The van der Waals surface area contributed by atoms with Crippen LogP contribution >= 0.6 is 0 Å². The van der Waals surface area contributed by atoms with Gasteiger partial charge in [0.25, 0.3) is 0 Å². The Labute approximate surface area is 164 Å². The fourth-order valence-corrected chi connectivity index (χ4v) is 3.66. The van der Waals surface area contributed by atoms with Crippen molar-refractivity contribution >= 4 is 6.29 Å². The molecule has 0 radical (unpaired) electrons. The molecular formula is C25H18N2O. The highest BCUT2D eigenvalue weighted by molar-refractivity contribution is 5.73. The lowest BCUT2D eigenvalue weighted by Crippen LogP contribution is -2.36. The fourth-order valence-electron chi connectivity index (χ4n) is 3.66. The van der Waals surface area contributed by atoms with Gasteiger partial charge in [0, 0.05) is 6.20 Å². The molecule has 4 rings (SSSR count). The number of imidazole rings is 1. The number of nitrogens with zero attached hydrogens (tertiary/aromatic N) is 2. The largest absolute Gasteiger partial charge is 0.318 e. The highest BCUT2D eigenvalue weighted by Gasteiger charge is 2.38. The van der Waals surface area contributed by atoms with Crippen LogP contribution in [0.3, 0.4) is 0 Å². The van der Waals surface area contributed by atoms with E-state index in [4.69, 9.17) is 0 Å². The maximum Gasteiger partial charge on any atom is 0.193 e. The summed E-state index contributed by atoms with van der Waals surface area (Å²) in [4.78, 5) is 15.1. The molecule has 0 aliphatic carbocycles. The first-order valence-corrected chi connectivity index (χ1v) is 9.02. The van der Waals surface area contributed by atoms with E-state index < -0.39 is 5.54 Å². The molecule has 1 heterocycles. The highest BCUT2D eigenvalue weighted by atomic mass is 16.1. The molecule has 0 saturated heterocycles. The zero-order chi connectivity index (χ0) is 19.2. The summed E-state index contributed by atoms with van der Waals surface area (Å²) in [5.41, 5.74) is 3.27. The van der Waals surface area contributed by atoms with E-state index in [9.17, 15) is 4.79 Å². The van der Waals surface area contributed by atoms with Crippen molar-refractivity contribution in [3.8, 4) is 11.8 Å². The average Bonchev–Trinajstić information content (AvgIpc) is 3.24. The van der Waals surface area contributed by atoms with Crippen LogP contribution in [0.1, 0.15) is 22.4 Å². The molecule has 134 valence electrons. The van der Waals surface area contributed by atoms with E-state index in [0.717, 1.165) is 16.7 Å². The lowest BCUT2D eigenvalue weighted by atomic mass is 9.77. The summed E-state index contributed by atoms with van der Waals surface area (Å²) in [6, 6.07) is 31.0. The van der Waals surface area contributed by atoms with E-state index in [1.165, 1.54) is 0 Å². The van der Waals surface area contributed by atoms with Crippen LogP contribution in [0.5, 0.6) is 0 Å². The first-order chi connectivity index (χ1) is 13.9. The third kappa shape index (κ3) is 3.02. The van der Waals surface area contributed by atoms with E-state index in [1.54, 1.807) is 6.33 Å². The van der Waals surface area contributed by atoms with Gasteiger partial charge in [0.1, 0.15) is 11.2 Å². The minimum Gasteiger partial charge on any atom is -0.318 e. The van der Waals surface area contributed by atoms with Crippen molar-refractivity contribution in [3.05, 3.63) is 126 Å². The van der Waals surface area contributed by atoms with Gasteiger partial charge in [-0.25, -0.2) is 4.98 Å². The van der Waals surface area contributed by atoms with Gasteiger partial charge < -0.3 is 4.57 Å². The maximum atomic E-state index is 10.6. The van der Waals surface area contributed by atoms with Gasteiger partial charge >= 0.3 is 0 Å². The highest BCUT2D eigenvalue weighted by Crippen LogP contribution is 2.40. The summed E-state index contributed by atoms with van der Waals surface area (Å²) in [6.07, 6.45) is 4.25.